The Labute approximate surface area is 164 Å². The van der Waals surface area contributed by atoms with Gasteiger partial charge in [-0.2, -0.15) is 13.2 Å². The lowest BCUT2D eigenvalue weighted by molar-refractivity contribution is -0.141. The highest BCUT2D eigenvalue weighted by Crippen LogP contribution is 2.39. The predicted molar refractivity (Wildman–Crippen MR) is 99.9 cm³/mol. The van der Waals surface area contributed by atoms with E-state index in [4.69, 9.17) is 5.73 Å². The van der Waals surface area contributed by atoms with Gasteiger partial charge in [-0.25, -0.2) is 9.97 Å². The summed E-state index contributed by atoms with van der Waals surface area (Å²) in [5.74, 6) is 0.284. The number of aromatic nitrogens is 3. The van der Waals surface area contributed by atoms with Crippen LogP contribution in [0.5, 0.6) is 0 Å². The molecule has 5 rings (SSSR count). The number of carbonyl (C=O) groups excluding carboxylic acids is 1. The van der Waals surface area contributed by atoms with E-state index in [9.17, 15) is 18.0 Å². The molecule has 3 aromatic rings. The molecule has 0 saturated heterocycles. The number of halogens is 3. The molecule has 1 fully saturated rings. The fraction of sp³-hybridized carbons (Fsp3) is 0.350. The molecular weight excluding hydrogens is 383 g/mol. The van der Waals surface area contributed by atoms with Crippen LogP contribution in [0.1, 0.15) is 41.4 Å². The van der Waals surface area contributed by atoms with Crippen molar-refractivity contribution < 1.29 is 18.0 Å². The number of nitrogen functional groups attached to an aromatic ring is 1. The zero-order valence-electron chi connectivity index (χ0n) is 15.6. The van der Waals surface area contributed by atoms with Crippen molar-refractivity contribution in [2.75, 3.05) is 5.73 Å². The number of alkyl halides is 3. The normalized spacial score (nSPS) is 17.8. The van der Waals surface area contributed by atoms with Crippen LogP contribution in [0.25, 0.3) is 16.9 Å². The molecule has 0 spiro atoms. The van der Waals surface area contributed by atoms with Crippen molar-refractivity contribution in [2.24, 2.45) is 5.92 Å². The third-order valence-electron chi connectivity index (χ3n) is 5.84. The third-order valence-corrected chi connectivity index (χ3v) is 5.84. The van der Waals surface area contributed by atoms with E-state index in [1.54, 1.807) is 12.1 Å². The number of fused-ring (bicyclic) bond motifs is 2. The molecule has 2 aliphatic rings. The molecule has 3 heterocycles. The Hall–Kier alpha value is -3.10. The molecule has 29 heavy (non-hydrogen) atoms. The van der Waals surface area contributed by atoms with Crippen molar-refractivity contribution in [1.82, 2.24) is 19.3 Å². The molecule has 9 heteroatoms. The fourth-order valence-electron chi connectivity index (χ4n) is 4.03. The van der Waals surface area contributed by atoms with Crippen LogP contribution in [0, 0.1) is 5.92 Å². The zero-order chi connectivity index (χ0) is 20.5. The van der Waals surface area contributed by atoms with E-state index in [0.29, 0.717) is 29.3 Å². The van der Waals surface area contributed by atoms with Crippen molar-refractivity contribution in [3.05, 3.63) is 47.4 Å². The van der Waals surface area contributed by atoms with E-state index in [-0.39, 0.29) is 23.4 Å². The van der Waals surface area contributed by atoms with Crippen molar-refractivity contribution >= 4 is 17.4 Å². The van der Waals surface area contributed by atoms with Gasteiger partial charge in [0.25, 0.3) is 5.91 Å². The molecule has 150 valence electrons. The first kappa shape index (κ1) is 18.0. The zero-order valence-corrected chi connectivity index (χ0v) is 15.6. The molecule has 1 aliphatic carbocycles. The summed E-state index contributed by atoms with van der Waals surface area (Å²) in [6.45, 7) is 2.58. The van der Waals surface area contributed by atoms with E-state index in [1.165, 1.54) is 10.6 Å². The van der Waals surface area contributed by atoms with Gasteiger partial charge in [0.1, 0.15) is 0 Å². The van der Waals surface area contributed by atoms with Gasteiger partial charge in [-0.15, -0.1) is 0 Å². The lowest BCUT2D eigenvalue weighted by Gasteiger charge is -2.23. The van der Waals surface area contributed by atoms with Gasteiger partial charge in [-0.3, -0.25) is 9.20 Å². The van der Waals surface area contributed by atoms with Gasteiger partial charge in [0, 0.05) is 29.9 Å². The highest BCUT2D eigenvalue weighted by molar-refractivity contribution is 5.99. The van der Waals surface area contributed by atoms with Gasteiger partial charge in [0.2, 0.25) is 0 Å². The Kier molecular flexibility index (Phi) is 3.68. The number of hydrogen-bond donors (Lipinski definition) is 1. The summed E-state index contributed by atoms with van der Waals surface area (Å²) < 4.78 is 40.8. The molecule has 1 aromatic carbocycles. The first-order valence-corrected chi connectivity index (χ1v) is 9.39. The highest BCUT2D eigenvalue weighted by atomic mass is 19.4. The topological polar surface area (TPSA) is 76.5 Å². The standard InChI is InChI=1S/C20H18F3N5O/c1-10(11-2-3-11)27-8-13-6-12(4-5-14(13)19(27)29)15-7-25-18-17(24)26-16(9-28(15)18)20(21,22)23/h4-7,9-11H,2-3,8H2,1H3,(H2,24,26)/t10-/m0/s1. The second-order valence-electron chi connectivity index (χ2n) is 7.73. The molecule has 1 aliphatic heterocycles. The second-order valence-corrected chi connectivity index (χ2v) is 7.73. The molecule has 0 radical (unpaired) electrons. The molecule has 1 amide bonds. The minimum Gasteiger partial charge on any atom is -0.381 e. The number of nitrogens with zero attached hydrogens (tertiary/aromatic N) is 4. The third kappa shape index (κ3) is 2.83. The number of benzene rings is 1. The summed E-state index contributed by atoms with van der Waals surface area (Å²) in [6, 6.07) is 5.51. The number of nitrogens with two attached hydrogens (primary N) is 1. The average Bonchev–Trinajstić information content (AvgIpc) is 3.35. The maximum absolute atomic E-state index is 13.2. The van der Waals surface area contributed by atoms with E-state index >= 15 is 0 Å². The van der Waals surface area contributed by atoms with E-state index in [0.717, 1.165) is 24.6 Å². The maximum Gasteiger partial charge on any atom is 0.434 e. The monoisotopic (exact) mass is 401 g/mol. The number of rotatable bonds is 3. The van der Waals surface area contributed by atoms with E-state index in [1.807, 2.05) is 11.0 Å². The van der Waals surface area contributed by atoms with Crippen molar-refractivity contribution in [3.63, 3.8) is 0 Å². The highest BCUT2D eigenvalue weighted by Gasteiger charge is 2.38. The number of hydrogen-bond acceptors (Lipinski definition) is 4. The van der Waals surface area contributed by atoms with Crippen molar-refractivity contribution in [2.45, 2.75) is 38.5 Å². The van der Waals surface area contributed by atoms with Gasteiger partial charge in [0.15, 0.2) is 17.2 Å². The molecule has 1 atom stereocenters. The van der Waals surface area contributed by atoms with Crippen molar-refractivity contribution in [1.29, 1.82) is 0 Å². The largest absolute Gasteiger partial charge is 0.434 e. The van der Waals surface area contributed by atoms with Crippen LogP contribution in [0.3, 0.4) is 0 Å². The van der Waals surface area contributed by atoms with Gasteiger partial charge >= 0.3 is 6.18 Å². The second kappa shape index (κ2) is 5.95. The van der Waals surface area contributed by atoms with Crippen molar-refractivity contribution in [3.8, 4) is 11.3 Å². The Balaban J connectivity index is 1.56. The SMILES string of the molecule is C[C@@H](C1CC1)N1Cc2cc(-c3cnc4c(N)nc(C(F)(F)F)cn34)ccc2C1=O. The fourth-order valence-corrected chi connectivity index (χ4v) is 4.03. The number of imidazole rings is 1. The van der Waals surface area contributed by atoms with Gasteiger partial charge < -0.3 is 10.6 Å². The summed E-state index contributed by atoms with van der Waals surface area (Å²) in [7, 11) is 0. The van der Waals surface area contributed by atoms with Gasteiger partial charge in [-0.1, -0.05) is 6.07 Å². The Morgan fingerprint density at radius 1 is 1.28 bits per heavy atom. The van der Waals surface area contributed by atoms with Crippen LogP contribution >= 0.6 is 0 Å². The number of anilines is 1. The van der Waals surface area contributed by atoms with Crippen LogP contribution in [0.4, 0.5) is 19.0 Å². The molecule has 2 aromatic heterocycles. The Morgan fingerprint density at radius 3 is 2.72 bits per heavy atom. The lowest BCUT2D eigenvalue weighted by Crippen LogP contribution is -2.34. The van der Waals surface area contributed by atoms with E-state index < -0.39 is 11.9 Å². The molecule has 1 saturated carbocycles. The summed E-state index contributed by atoms with van der Waals surface area (Å²) >= 11 is 0. The molecule has 6 nitrogen and oxygen atoms in total. The van der Waals surface area contributed by atoms with Gasteiger partial charge in [0.05, 0.1) is 11.9 Å². The summed E-state index contributed by atoms with van der Waals surface area (Å²) in [5, 5.41) is 0. The number of amides is 1. The van der Waals surface area contributed by atoms with Crippen LogP contribution in [-0.2, 0) is 12.7 Å². The quantitative estimate of drug-likeness (QED) is 0.725. The average molecular weight is 401 g/mol. The minimum absolute atomic E-state index is 0.0110. The molecule has 0 bridgehead atoms. The molecular formula is C20H18F3N5O. The molecule has 0 unspecified atom stereocenters. The molecule has 2 N–H and O–H groups in total. The smallest absolute Gasteiger partial charge is 0.381 e. The Morgan fingerprint density at radius 2 is 2.03 bits per heavy atom. The summed E-state index contributed by atoms with van der Waals surface area (Å²) in [6.07, 6.45) is 0.0366. The van der Waals surface area contributed by atoms with Crippen LogP contribution in [-0.4, -0.2) is 31.2 Å². The van der Waals surface area contributed by atoms with Crippen LogP contribution in [0.2, 0.25) is 0 Å². The number of carbonyl (C=O) groups is 1. The first-order chi connectivity index (χ1) is 13.7. The van der Waals surface area contributed by atoms with Crippen LogP contribution < -0.4 is 5.73 Å². The van der Waals surface area contributed by atoms with Gasteiger partial charge in [-0.05, 0) is 43.4 Å². The summed E-state index contributed by atoms with van der Waals surface area (Å²) in [5.41, 5.74) is 7.42. The Bertz CT molecular complexity index is 1150. The predicted octanol–water partition coefficient (Wildman–Crippen LogP) is 3.75. The lowest BCUT2D eigenvalue weighted by atomic mass is 10.0. The minimum atomic E-state index is -4.62. The maximum atomic E-state index is 13.2. The summed E-state index contributed by atoms with van der Waals surface area (Å²) in [4.78, 5) is 22.2. The first-order valence-electron chi connectivity index (χ1n) is 9.39. The van der Waals surface area contributed by atoms with E-state index in [2.05, 4.69) is 16.9 Å². The van der Waals surface area contributed by atoms with Crippen LogP contribution in [0.15, 0.2) is 30.6 Å².